The number of aromatic nitrogens is 4. The molecule has 2 aromatic heterocycles. The van der Waals surface area contributed by atoms with Crippen molar-refractivity contribution in [3.05, 3.63) is 65.2 Å². The van der Waals surface area contributed by atoms with E-state index >= 15 is 0 Å². The molecule has 10 heteroatoms. The number of rotatable bonds is 3. The van der Waals surface area contributed by atoms with Gasteiger partial charge in [-0.1, -0.05) is 17.7 Å². The van der Waals surface area contributed by atoms with E-state index in [9.17, 15) is 0 Å². The second-order valence-corrected chi connectivity index (χ2v) is 8.69. The number of nitrogens with zero attached hydrogens (tertiary/aromatic N) is 7. The van der Waals surface area contributed by atoms with E-state index in [1.165, 1.54) is 5.56 Å². The maximum atomic E-state index is 5.61. The molecular weight excluding hydrogens is 446 g/mol. The third kappa shape index (κ3) is 6.02. The van der Waals surface area contributed by atoms with Gasteiger partial charge in [0.15, 0.2) is 0 Å². The zero-order valence-electron chi connectivity index (χ0n) is 19.9. The van der Waals surface area contributed by atoms with Gasteiger partial charge in [0.1, 0.15) is 0 Å². The van der Waals surface area contributed by atoms with E-state index in [4.69, 9.17) is 17.2 Å². The minimum Gasteiger partial charge on any atom is -0.339 e. The van der Waals surface area contributed by atoms with Gasteiger partial charge < -0.3 is 15.1 Å². The van der Waals surface area contributed by atoms with Crippen molar-refractivity contribution >= 4 is 40.9 Å². The molecule has 0 bridgehead atoms. The SMILES string of the molecule is Cc1ccc(NC(=S)/N=C(/Nc2nc(C)cc(C)n2)N2CCN(c3ncccn3)CC2)c(C)c1. The number of hydrogen-bond acceptors (Lipinski definition) is 6. The Morgan fingerprint density at radius 2 is 1.59 bits per heavy atom. The van der Waals surface area contributed by atoms with Crippen LogP contribution >= 0.6 is 12.2 Å². The molecule has 0 aliphatic carbocycles. The molecule has 0 saturated carbocycles. The van der Waals surface area contributed by atoms with Crippen molar-refractivity contribution < 1.29 is 0 Å². The van der Waals surface area contributed by atoms with Crippen molar-refractivity contribution in [2.75, 3.05) is 41.7 Å². The van der Waals surface area contributed by atoms with Crippen molar-refractivity contribution in [3.8, 4) is 0 Å². The van der Waals surface area contributed by atoms with E-state index in [0.717, 1.165) is 54.8 Å². The first kappa shape index (κ1) is 23.5. The van der Waals surface area contributed by atoms with Crippen LogP contribution < -0.4 is 15.5 Å². The number of anilines is 3. The van der Waals surface area contributed by atoms with Gasteiger partial charge in [-0.15, -0.1) is 0 Å². The topological polar surface area (TPSA) is 94.5 Å². The summed E-state index contributed by atoms with van der Waals surface area (Å²) >= 11 is 5.61. The minimum atomic E-state index is 0.368. The lowest BCUT2D eigenvalue weighted by Crippen LogP contribution is -2.51. The Labute approximate surface area is 205 Å². The van der Waals surface area contributed by atoms with Gasteiger partial charge in [0.25, 0.3) is 0 Å². The molecule has 3 aromatic rings. The van der Waals surface area contributed by atoms with Crippen molar-refractivity contribution in [2.24, 2.45) is 4.99 Å². The van der Waals surface area contributed by atoms with Crippen molar-refractivity contribution in [1.82, 2.24) is 24.8 Å². The molecule has 176 valence electrons. The highest BCUT2D eigenvalue weighted by atomic mass is 32.1. The van der Waals surface area contributed by atoms with Crippen LogP contribution in [-0.2, 0) is 0 Å². The summed E-state index contributed by atoms with van der Waals surface area (Å²) in [5.74, 6) is 1.85. The molecule has 1 aromatic carbocycles. The van der Waals surface area contributed by atoms with Crippen LogP contribution in [0.15, 0.2) is 47.7 Å². The van der Waals surface area contributed by atoms with E-state index in [2.05, 4.69) is 66.3 Å². The van der Waals surface area contributed by atoms with E-state index < -0.39 is 0 Å². The summed E-state index contributed by atoms with van der Waals surface area (Å²) in [6, 6.07) is 9.94. The molecule has 2 N–H and O–H groups in total. The smallest absolute Gasteiger partial charge is 0.229 e. The molecule has 1 aliphatic rings. The monoisotopic (exact) mass is 475 g/mol. The first-order chi connectivity index (χ1) is 16.4. The third-order valence-electron chi connectivity index (χ3n) is 5.45. The largest absolute Gasteiger partial charge is 0.339 e. The quantitative estimate of drug-likeness (QED) is 0.335. The van der Waals surface area contributed by atoms with E-state index in [0.29, 0.717) is 17.0 Å². The van der Waals surface area contributed by atoms with E-state index in [1.54, 1.807) is 12.4 Å². The molecule has 0 atom stereocenters. The number of piperazine rings is 1. The minimum absolute atomic E-state index is 0.368. The fraction of sp³-hybridized carbons (Fsp3) is 0.333. The molecule has 3 heterocycles. The van der Waals surface area contributed by atoms with Crippen LogP contribution in [-0.4, -0.2) is 62.1 Å². The fourth-order valence-electron chi connectivity index (χ4n) is 3.83. The molecule has 0 unspecified atom stereocenters. The number of hydrogen-bond donors (Lipinski definition) is 2. The van der Waals surface area contributed by atoms with Crippen LogP contribution in [0.1, 0.15) is 22.5 Å². The van der Waals surface area contributed by atoms with Crippen LogP contribution in [0, 0.1) is 27.7 Å². The Hall–Kier alpha value is -3.66. The number of nitrogens with one attached hydrogen (secondary N) is 2. The van der Waals surface area contributed by atoms with E-state index in [1.807, 2.05) is 32.0 Å². The molecule has 0 radical (unpaired) electrons. The zero-order chi connectivity index (χ0) is 24.1. The average Bonchev–Trinajstić information content (AvgIpc) is 2.80. The summed E-state index contributed by atoms with van der Waals surface area (Å²) in [7, 11) is 0. The summed E-state index contributed by atoms with van der Waals surface area (Å²) in [5, 5.41) is 6.93. The average molecular weight is 476 g/mol. The highest BCUT2D eigenvalue weighted by molar-refractivity contribution is 7.80. The van der Waals surface area contributed by atoms with Gasteiger partial charge in [0.2, 0.25) is 23.0 Å². The summed E-state index contributed by atoms with van der Waals surface area (Å²) in [5.41, 5.74) is 5.02. The second kappa shape index (κ2) is 10.5. The fourth-order valence-corrected chi connectivity index (χ4v) is 4.02. The molecule has 34 heavy (non-hydrogen) atoms. The van der Waals surface area contributed by atoms with Crippen molar-refractivity contribution in [2.45, 2.75) is 27.7 Å². The summed E-state index contributed by atoms with van der Waals surface area (Å²) in [6.07, 6.45) is 3.52. The maximum Gasteiger partial charge on any atom is 0.229 e. The van der Waals surface area contributed by atoms with Gasteiger partial charge in [-0.05, 0) is 63.7 Å². The number of benzene rings is 1. The number of aryl methyl sites for hydroxylation is 4. The lowest BCUT2D eigenvalue weighted by Gasteiger charge is -2.36. The molecule has 1 saturated heterocycles. The molecule has 4 rings (SSSR count). The molecule has 9 nitrogen and oxygen atoms in total. The molecule has 1 fully saturated rings. The van der Waals surface area contributed by atoms with Crippen molar-refractivity contribution in [1.29, 1.82) is 0 Å². The lowest BCUT2D eigenvalue weighted by molar-refractivity contribution is 0.382. The molecule has 1 aliphatic heterocycles. The van der Waals surface area contributed by atoms with Crippen LogP contribution in [0.25, 0.3) is 0 Å². The molecule has 0 amide bonds. The molecule has 0 spiro atoms. The van der Waals surface area contributed by atoms with Crippen molar-refractivity contribution in [3.63, 3.8) is 0 Å². The van der Waals surface area contributed by atoms with Crippen LogP contribution in [0.2, 0.25) is 0 Å². The summed E-state index contributed by atoms with van der Waals surface area (Å²) in [6.45, 7) is 11.0. The molecular formula is C24H29N9S. The summed E-state index contributed by atoms with van der Waals surface area (Å²) < 4.78 is 0. The standard InChI is InChI=1S/C24H29N9S/c1-16-6-7-20(17(2)14-16)29-24(34)31-23(30-21-27-18(3)15-19(4)28-21)33-12-10-32(11-13-33)22-25-8-5-9-26-22/h5-9,14-15H,10-13H2,1-4H3,(H2,27,28,29,30,31,34). The van der Waals surface area contributed by atoms with Crippen LogP contribution in [0.4, 0.5) is 17.6 Å². The Kier molecular flexibility index (Phi) is 7.27. The van der Waals surface area contributed by atoms with Gasteiger partial charge in [0, 0.05) is 55.6 Å². The van der Waals surface area contributed by atoms with Gasteiger partial charge in [-0.25, -0.2) is 19.9 Å². The summed E-state index contributed by atoms with van der Waals surface area (Å²) in [4.78, 5) is 26.8. The third-order valence-corrected chi connectivity index (χ3v) is 5.64. The maximum absolute atomic E-state index is 5.61. The lowest BCUT2D eigenvalue weighted by atomic mass is 10.1. The first-order valence-corrected chi connectivity index (χ1v) is 11.6. The predicted molar refractivity (Wildman–Crippen MR) is 141 cm³/mol. The number of aliphatic imine (C=N–C) groups is 1. The van der Waals surface area contributed by atoms with Gasteiger partial charge in [-0.3, -0.25) is 5.32 Å². The van der Waals surface area contributed by atoms with Crippen LogP contribution in [0.3, 0.4) is 0 Å². The first-order valence-electron chi connectivity index (χ1n) is 11.2. The van der Waals surface area contributed by atoms with Gasteiger partial charge >= 0.3 is 0 Å². The highest BCUT2D eigenvalue weighted by Gasteiger charge is 2.22. The Morgan fingerprint density at radius 3 is 2.24 bits per heavy atom. The van der Waals surface area contributed by atoms with Gasteiger partial charge in [-0.2, -0.15) is 4.99 Å². The van der Waals surface area contributed by atoms with Gasteiger partial charge in [0.05, 0.1) is 0 Å². The number of thiocarbonyl (C=S) groups is 1. The number of guanidine groups is 1. The predicted octanol–water partition coefficient (Wildman–Crippen LogP) is 3.49. The Balaban J connectivity index is 1.54. The van der Waals surface area contributed by atoms with E-state index in [-0.39, 0.29) is 0 Å². The van der Waals surface area contributed by atoms with Crippen LogP contribution in [0.5, 0.6) is 0 Å². The Bertz CT molecular complexity index is 1170. The normalized spacial score (nSPS) is 14.2. The zero-order valence-corrected chi connectivity index (χ0v) is 20.7. The second-order valence-electron chi connectivity index (χ2n) is 8.31. The highest BCUT2D eigenvalue weighted by Crippen LogP contribution is 2.17. The Morgan fingerprint density at radius 1 is 0.912 bits per heavy atom.